The Bertz CT molecular complexity index is 1010. The Labute approximate surface area is 196 Å². The van der Waals surface area contributed by atoms with Gasteiger partial charge in [-0.3, -0.25) is 9.59 Å². The molecular weight excluding hydrogens is 416 g/mol. The molecule has 0 N–H and O–H groups in total. The summed E-state index contributed by atoms with van der Waals surface area (Å²) in [6, 6.07) is 8.01. The third-order valence-electron chi connectivity index (χ3n) is 7.17. The number of carbonyl (C=O) groups is 2. The van der Waals surface area contributed by atoms with Crippen molar-refractivity contribution in [3.8, 4) is 5.75 Å². The summed E-state index contributed by atoms with van der Waals surface area (Å²) in [5.41, 5.74) is 2.50. The lowest BCUT2D eigenvalue weighted by molar-refractivity contribution is -0.134. The van der Waals surface area contributed by atoms with Gasteiger partial charge in [-0.1, -0.05) is 24.6 Å². The van der Waals surface area contributed by atoms with E-state index in [1.165, 1.54) is 5.56 Å². The van der Waals surface area contributed by atoms with E-state index >= 15 is 0 Å². The summed E-state index contributed by atoms with van der Waals surface area (Å²) in [6.07, 6.45) is 7.61. The third-order valence-corrected chi connectivity index (χ3v) is 7.17. The molecule has 3 heterocycles. The number of fused-ring (bicyclic) bond motifs is 1. The monoisotopic (exact) mass is 450 g/mol. The maximum atomic E-state index is 13.1. The summed E-state index contributed by atoms with van der Waals surface area (Å²) in [7, 11) is 1.87. The molecule has 0 radical (unpaired) electrons. The van der Waals surface area contributed by atoms with Crippen LogP contribution in [0.4, 0.5) is 0 Å². The van der Waals surface area contributed by atoms with Crippen LogP contribution in [0.1, 0.15) is 59.5 Å². The highest BCUT2D eigenvalue weighted by molar-refractivity contribution is 5.95. The lowest BCUT2D eigenvalue weighted by Crippen LogP contribution is -2.49. The van der Waals surface area contributed by atoms with Crippen molar-refractivity contribution in [2.75, 3.05) is 33.3 Å². The van der Waals surface area contributed by atoms with Gasteiger partial charge in [0.1, 0.15) is 11.6 Å². The Morgan fingerprint density at radius 1 is 1.09 bits per heavy atom. The number of aryl methyl sites for hydroxylation is 3. The zero-order valence-corrected chi connectivity index (χ0v) is 20.0. The number of hydrogen-bond donors (Lipinski definition) is 0. The Hall–Kier alpha value is -2.96. The summed E-state index contributed by atoms with van der Waals surface area (Å²) < 4.78 is 5.88. The lowest BCUT2D eigenvalue weighted by atomic mass is 9.73. The Kier molecular flexibility index (Phi) is 6.96. The highest BCUT2D eigenvalue weighted by Crippen LogP contribution is 2.38. The Balaban J connectivity index is 1.45. The highest BCUT2D eigenvalue weighted by atomic mass is 16.5. The molecule has 1 aromatic heterocycles. The molecule has 176 valence electrons. The third kappa shape index (κ3) is 5.34. The Morgan fingerprint density at radius 2 is 1.85 bits per heavy atom. The van der Waals surface area contributed by atoms with Gasteiger partial charge in [0.05, 0.1) is 11.3 Å². The average Bonchev–Trinajstić information content (AvgIpc) is 2.80. The van der Waals surface area contributed by atoms with Crippen LogP contribution in [0.3, 0.4) is 0 Å². The largest absolute Gasteiger partial charge is 0.483 e. The van der Waals surface area contributed by atoms with E-state index in [1.807, 2.05) is 48.9 Å². The molecule has 0 bridgehead atoms. The number of piperidine rings is 1. The standard InChI is InChI=1S/C26H34N4O3/c1-19-22(16-27-20(2)28-19)25(32)30-14-12-26(13-15-30)11-7-6-9-21-8-4-5-10-23(21)33-17-24(31)29(3)18-26/h4-5,8,10,16H,6-7,9,11-15,17-18H2,1-3H3. The summed E-state index contributed by atoms with van der Waals surface area (Å²) in [5.74, 6) is 1.49. The highest BCUT2D eigenvalue weighted by Gasteiger charge is 2.38. The number of aromatic nitrogens is 2. The van der Waals surface area contributed by atoms with Gasteiger partial charge in [0, 0.05) is 32.9 Å². The van der Waals surface area contributed by atoms with E-state index in [4.69, 9.17) is 4.74 Å². The van der Waals surface area contributed by atoms with Gasteiger partial charge in [-0.15, -0.1) is 0 Å². The lowest BCUT2D eigenvalue weighted by Gasteiger charge is -2.44. The number of carbonyl (C=O) groups excluding carboxylic acids is 2. The molecule has 2 aromatic rings. The average molecular weight is 451 g/mol. The van der Waals surface area contributed by atoms with Gasteiger partial charge in [-0.05, 0) is 63.0 Å². The minimum absolute atomic E-state index is 0.00399. The predicted octanol–water partition coefficient (Wildman–Crippen LogP) is 3.58. The SMILES string of the molecule is Cc1ncc(C(=O)N2CCC3(CCCCc4ccccc4OCC(=O)N(C)C3)CC2)c(C)n1. The number of likely N-dealkylation sites (tertiary alicyclic amines) is 1. The predicted molar refractivity (Wildman–Crippen MR) is 126 cm³/mol. The zero-order valence-electron chi connectivity index (χ0n) is 20.0. The second-order valence-electron chi connectivity index (χ2n) is 9.56. The smallest absolute Gasteiger partial charge is 0.260 e. The van der Waals surface area contributed by atoms with Crippen LogP contribution < -0.4 is 4.74 Å². The molecular formula is C26H34N4O3. The number of amides is 2. The van der Waals surface area contributed by atoms with Gasteiger partial charge in [0.15, 0.2) is 6.61 Å². The van der Waals surface area contributed by atoms with Gasteiger partial charge in [0.25, 0.3) is 11.8 Å². The fourth-order valence-corrected chi connectivity index (χ4v) is 5.14. The molecule has 2 aliphatic heterocycles. The van der Waals surface area contributed by atoms with Crippen LogP contribution in [0.2, 0.25) is 0 Å². The van der Waals surface area contributed by atoms with E-state index in [0.717, 1.165) is 50.0 Å². The normalized spacial score (nSPS) is 19.3. The van der Waals surface area contributed by atoms with Crippen molar-refractivity contribution >= 4 is 11.8 Å². The molecule has 1 aromatic carbocycles. The first-order valence-corrected chi connectivity index (χ1v) is 11.9. The number of benzene rings is 1. The van der Waals surface area contributed by atoms with E-state index in [1.54, 1.807) is 6.20 Å². The molecule has 1 spiro atoms. The van der Waals surface area contributed by atoms with Gasteiger partial charge in [0.2, 0.25) is 0 Å². The van der Waals surface area contributed by atoms with Crippen molar-refractivity contribution in [1.29, 1.82) is 0 Å². The number of ether oxygens (including phenoxy) is 1. The van der Waals surface area contributed by atoms with Crippen LogP contribution in [-0.4, -0.2) is 64.9 Å². The van der Waals surface area contributed by atoms with Gasteiger partial charge in [-0.2, -0.15) is 0 Å². The first-order valence-electron chi connectivity index (χ1n) is 11.9. The van der Waals surface area contributed by atoms with Crippen LogP contribution in [-0.2, 0) is 11.2 Å². The molecule has 7 nitrogen and oxygen atoms in total. The number of para-hydroxylation sites is 1. The topological polar surface area (TPSA) is 75.6 Å². The van der Waals surface area contributed by atoms with E-state index in [0.29, 0.717) is 31.0 Å². The first-order chi connectivity index (χ1) is 15.9. The van der Waals surface area contributed by atoms with Gasteiger partial charge in [-0.25, -0.2) is 9.97 Å². The van der Waals surface area contributed by atoms with E-state index < -0.39 is 0 Å². The maximum absolute atomic E-state index is 13.1. The molecule has 0 aliphatic carbocycles. The first kappa shape index (κ1) is 23.2. The van der Waals surface area contributed by atoms with Crippen LogP contribution in [0.5, 0.6) is 5.75 Å². The van der Waals surface area contributed by atoms with Crippen molar-refractivity contribution in [3.05, 3.63) is 53.1 Å². The molecule has 33 heavy (non-hydrogen) atoms. The molecule has 7 heteroatoms. The second-order valence-corrected chi connectivity index (χ2v) is 9.56. The van der Waals surface area contributed by atoms with Crippen molar-refractivity contribution in [3.63, 3.8) is 0 Å². The summed E-state index contributed by atoms with van der Waals surface area (Å²) in [6.45, 7) is 5.82. The zero-order chi connectivity index (χ0) is 23.4. The van der Waals surface area contributed by atoms with Crippen LogP contribution in [0, 0.1) is 19.3 Å². The fourth-order valence-electron chi connectivity index (χ4n) is 5.14. The van der Waals surface area contributed by atoms with Gasteiger partial charge < -0.3 is 14.5 Å². The molecule has 0 unspecified atom stereocenters. The molecule has 2 amide bonds. The second kappa shape index (κ2) is 9.89. The number of nitrogens with zero attached hydrogens (tertiary/aromatic N) is 4. The summed E-state index contributed by atoms with van der Waals surface area (Å²) in [5, 5.41) is 0. The van der Waals surface area contributed by atoms with Crippen LogP contribution >= 0.6 is 0 Å². The molecule has 0 atom stereocenters. The maximum Gasteiger partial charge on any atom is 0.260 e. The minimum Gasteiger partial charge on any atom is -0.483 e. The van der Waals surface area contributed by atoms with Crippen molar-refractivity contribution in [2.45, 2.75) is 52.4 Å². The molecule has 0 saturated carbocycles. The van der Waals surface area contributed by atoms with E-state index in [2.05, 4.69) is 16.0 Å². The number of hydrogen-bond acceptors (Lipinski definition) is 5. The summed E-state index contributed by atoms with van der Waals surface area (Å²) >= 11 is 0. The van der Waals surface area contributed by atoms with Crippen LogP contribution in [0.25, 0.3) is 0 Å². The van der Waals surface area contributed by atoms with Crippen LogP contribution in [0.15, 0.2) is 30.5 Å². The minimum atomic E-state index is -0.00399. The summed E-state index contributed by atoms with van der Waals surface area (Å²) in [4.78, 5) is 38.2. The van der Waals surface area contributed by atoms with Crippen molar-refractivity contribution < 1.29 is 14.3 Å². The number of rotatable bonds is 1. The molecule has 2 aliphatic rings. The Morgan fingerprint density at radius 3 is 2.61 bits per heavy atom. The van der Waals surface area contributed by atoms with Gasteiger partial charge >= 0.3 is 0 Å². The quantitative estimate of drug-likeness (QED) is 0.664. The molecule has 4 rings (SSSR count). The van der Waals surface area contributed by atoms with E-state index in [9.17, 15) is 9.59 Å². The van der Waals surface area contributed by atoms with E-state index in [-0.39, 0.29) is 23.8 Å². The van der Waals surface area contributed by atoms with Crippen molar-refractivity contribution in [2.24, 2.45) is 5.41 Å². The number of likely N-dealkylation sites (N-methyl/N-ethyl adjacent to an activating group) is 1. The molecule has 1 fully saturated rings. The van der Waals surface area contributed by atoms with Crippen molar-refractivity contribution in [1.82, 2.24) is 19.8 Å². The molecule has 1 saturated heterocycles. The fraction of sp³-hybridized carbons (Fsp3) is 0.538.